The molecule has 6 nitrogen and oxygen atoms in total. The van der Waals surface area contributed by atoms with Crippen molar-refractivity contribution < 1.29 is 9.72 Å². The van der Waals surface area contributed by atoms with Crippen LogP contribution in [0.2, 0.25) is 0 Å². The summed E-state index contributed by atoms with van der Waals surface area (Å²) >= 11 is 0.822. The lowest BCUT2D eigenvalue weighted by Gasteiger charge is -2.04. The van der Waals surface area contributed by atoms with Crippen molar-refractivity contribution in [2.75, 3.05) is 5.32 Å². The van der Waals surface area contributed by atoms with Gasteiger partial charge in [-0.25, -0.2) is 4.98 Å². The summed E-state index contributed by atoms with van der Waals surface area (Å²) in [5.74, 6) is -0.353. The van der Waals surface area contributed by atoms with Crippen LogP contribution >= 0.6 is 11.3 Å². The van der Waals surface area contributed by atoms with Crippen LogP contribution in [0.1, 0.15) is 10.4 Å². The molecule has 3 rings (SSSR count). The number of carbonyl (C=O) groups excluding carboxylic acids is 1. The highest BCUT2D eigenvalue weighted by atomic mass is 32.1. The molecule has 0 unspecified atom stereocenters. The van der Waals surface area contributed by atoms with E-state index in [1.54, 1.807) is 12.1 Å². The van der Waals surface area contributed by atoms with Crippen LogP contribution in [0.3, 0.4) is 0 Å². The molecule has 23 heavy (non-hydrogen) atoms. The minimum Gasteiger partial charge on any atom is -0.298 e. The molecular formula is C16H11N3O3S. The first-order chi connectivity index (χ1) is 11.1. The van der Waals surface area contributed by atoms with E-state index in [9.17, 15) is 14.9 Å². The highest BCUT2D eigenvalue weighted by Crippen LogP contribution is 2.25. The van der Waals surface area contributed by atoms with Crippen molar-refractivity contribution in [1.82, 2.24) is 4.98 Å². The molecule has 0 spiro atoms. The number of carbonyl (C=O) groups is 1. The fourth-order valence-electron chi connectivity index (χ4n) is 2.02. The largest absolute Gasteiger partial charge is 0.345 e. The number of amides is 1. The summed E-state index contributed by atoms with van der Waals surface area (Å²) in [7, 11) is 0. The van der Waals surface area contributed by atoms with E-state index in [1.807, 2.05) is 42.5 Å². The quantitative estimate of drug-likeness (QED) is 0.581. The number of nitrogens with one attached hydrogen (secondary N) is 1. The minimum atomic E-state index is -0.540. The molecule has 1 N–H and O–H groups in total. The molecule has 0 saturated heterocycles. The fraction of sp³-hybridized carbons (Fsp3) is 0. The first-order valence-corrected chi connectivity index (χ1v) is 7.52. The molecule has 0 saturated carbocycles. The van der Waals surface area contributed by atoms with Gasteiger partial charge in [-0.15, -0.1) is 0 Å². The topological polar surface area (TPSA) is 85.1 Å². The standard InChI is InChI=1S/C16H11N3O3S/c20-15(18-16-17-10-14(23-16)19(21)22)13-8-6-12(7-9-13)11-4-2-1-3-5-11/h1-10H,(H,17,18,20). The van der Waals surface area contributed by atoms with E-state index in [0.29, 0.717) is 5.56 Å². The number of rotatable bonds is 4. The maximum atomic E-state index is 12.1. The normalized spacial score (nSPS) is 10.3. The maximum absolute atomic E-state index is 12.1. The molecule has 114 valence electrons. The van der Waals surface area contributed by atoms with Gasteiger partial charge in [0.2, 0.25) is 0 Å². The van der Waals surface area contributed by atoms with Crippen molar-refractivity contribution in [3.8, 4) is 11.1 Å². The summed E-state index contributed by atoms with van der Waals surface area (Å²) in [6, 6.07) is 16.9. The summed E-state index contributed by atoms with van der Waals surface area (Å²) in [6.07, 6.45) is 1.12. The number of nitro groups is 1. The summed E-state index contributed by atoms with van der Waals surface area (Å²) in [5, 5.41) is 13.3. The predicted molar refractivity (Wildman–Crippen MR) is 88.6 cm³/mol. The first kappa shape index (κ1) is 14.9. The van der Waals surface area contributed by atoms with Crippen LogP contribution in [0.15, 0.2) is 60.8 Å². The van der Waals surface area contributed by atoms with Crippen molar-refractivity contribution >= 4 is 27.4 Å². The monoisotopic (exact) mass is 325 g/mol. The van der Waals surface area contributed by atoms with Gasteiger partial charge in [-0.3, -0.25) is 20.2 Å². The van der Waals surface area contributed by atoms with Crippen LogP contribution in [0.25, 0.3) is 11.1 Å². The Morgan fingerprint density at radius 3 is 2.30 bits per heavy atom. The Morgan fingerprint density at radius 1 is 1.04 bits per heavy atom. The Bertz CT molecular complexity index is 845. The Labute approximate surface area is 135 Å². The van der Waals surface area contributed by atoms with Gasteiger partial charge < -0.3 is 0 Å². The van der Waals surface area contributed by atoms with Crippen LogP contribution in [-0.2, 0) is 0 Å². The second-order valence-corrected chi connectivity index (χ2v) is 5.67. The summed E-state index contributed by atoms with van der Waals surface area (Å²) in [6.45, 7) is 0. The highest BCUT2D eigenvalue weighted by molar-refractivity contribution is 7.18. The maximum Gasteiger partial charge on any atom is 0.345 e. The highest BCUT2D eigenvalue weighted by Gasteiger charge is 2.14. The van der Waals surface area contributed by atoms with Crippen molar-refractivity contribution in [2.24, 2.45) is 0 Å². The number of nitrogens with zero attached hydrogens (tertiary/aromatic N) is 2. The fourth-order valence-corrected chi connectivity index (χ4v) is 2.65. The average molecular weight is 325 g/mol. The second kappa shape index (κ2) is 6.37. The molecule has 1 aromatic heterocycles. The molecule has 0 radical (unpaired) electrons. The Balaban J connectivity index is 1.73. The number of hydrogen-bond acceptors (Lipinski definition) is 5. The van der Waals surface area contributed by atoms with E-state index >= 15 is 0 Å². The molecular weight excluding hydrogens is 314 g/mol. The third-order valence-corrected chi connectivity index (χ3v) is 4.01. The zero-order chi connectivity index (χ0) is 16.2. The Morgan fingerprint density at radius 2 is 1.70 bits per heavy atom. The molecule has 3 aromatic rings. The van der Waals surface area contributed by atoms with Crippen molar-refractivity contribution in [3.63, 3.8) is 0 Å². The zero-order valence-corrected chi connectivity index (χ0v) is 12.6. The van der Waals surface area contributed by atoms with Gasteiger partial charge in [0.25, 0.3) is 5.91 Å². The van der Waals surface area contributed by atoms with Gasteiger partial charge in [0.1, 0.15) is 6.20 Å². The number of anilines is 1. The van der Waals surface area contributed by atoms with E-state index in [4.69, 9.17) is 0 Å². The van der Waals surface area contributed by atoms with Crippen LogP contribution in [0.4, 0.5) is 10.1 Å². The van der Waals surface area contributed by atoms with Gasteiger partial charge in [0.15, 0.2) is 5.13 Å². The third-order valence-electron chi connectivity index (χ3n) is 3.15. The van der Waals surface area contributed by atoms with Crippen molar-refractivity contribution in [3.05, 3.63) is 76.5 Å². The molecule has 0 aliphatic rings. The number of thiazole rings is 1. The van der Waals surface area contributed by atoms with Crippen LogP contribution in [-0.4, -0.2) is 15.8 Å². The Kier molecular flexibility index (Phi) is 4.11. The van der Waals surface area contributed by atoms with E-state index < -0.39 is 4.92 Å². The number of hydrogen-bond donors (Lipinski definition) is 1. The zero-order valence-electron chi connectivity index (χ0n) is 11.8. The summed E-state index contributed by atoms with van der Waals surface area (Å²) in [4.78, 5) is 26.0. The minimum absolute atomic E-state index is 0.111. The lowest BCUT2D eigenvalue weighted by atomic mass is 10.0. The molecule has 1 amide bonds. The van der Waals surface area contributed by atoms with Gasteiger partial charge in [-0.2, -0.15) is 0 Å². The van der Waals surface area contributed by atoms with E-state index in [-0.39, 0.29) is 16.0 Å². The van der Waals surface area contributed by atoms with Crippen molar-refractivity contribution in [1.29, 1.82) is 0 Å². The molecule has 0 bridgehead atoms. The van der Waals surface area contributed by atoms with Gasteiger partial charge in [0, 0.05) is 5.56 Å². The third kappa shape index (κ3) is 3.41. The smallest absolute Gasteiger partial charge is 0.298 e. The summed E-state index contributed by atoms with van der Waals surface area (Å²) < 4.78 is 0. The Hall–Kier alpha value is -3.06. The predicted octanol–water partition coefficient (Wildman–Crippen LogP) is 3.97. The molecule has 0 atom stereocenters. The molecule has 0 aliphatic carbocycles. The molecule has 0 aliphatic heterocycles. The molecule has 1 heterocycles. The number of benzene rings is 2. The van der Waals surface area contributed by atoms with Gasteiger partial charge in [0.05, 0.1) is 4.92 Å². The van der Waals surface area contributed by atoms with Gasteiger partial charge >= 0.3 is 5.00 Å². The SMILES string of the molecule is O=C(Nc1ncc([N+](=O)[O-])s1)c1ccc(-c2ccccc2)cc1. The second-order valence-electron chi connectivity index (χ2n) is 4.66. The number of aromatic nitrogens is 1. The molecule has 2 aromatic carbocycles. The van der Waals surface area contributed by atoms with Crippen LogP contribution < -0.4 is 5.32 Å². The molecule has 0 fully saturated rings. The lowest BCUT2D eigenvalue weighted by molar-refractivity contribution is -0.380. The van der Waals surface area contributed by atoms with E-state index in [0.717, 1.165) is 28.7 Å². The molecule has 7 heteroatoms. The summed E-state index contributed by atoms with van der Waals surface area (Å²) in [5.41, 5.74) is 2.53. The average Bonchev–Trinajstić information content (AvgIpc) is 3.04. The van der Waals surface area contributed by atoms with E-state index in [2.05, 4.69) is 10.3 Å². The van der Waals surface area contributed by atoms with Gasteiger partial charge in [-0.1, -0.05) is 42.5 Å². The van der Waals surface area contributed by atoms with Gasteiger partial charge in [-0.05, 0) is 34.6 Å². The van der Waals surface area contributed by atoms with Crippen molar-refractivity contribution in [2.45, 2.75) is 0 Å². The lowest BCUT2D eigenvalue weighted by Crippen LogP contribution is -2.11. The first-order valence-electron chi connectivity index (χ1n) is 6.70. The van der Waals surface area contributed by atoms with E-state index in [1.165, 1.54) is 0 Å². The van der Waals surface area contributed by atoms with Crippen LogP contribution in [0, 0.1) is 10.1 Å². The van der Waals surface area contributed by atoms with Crippen LogP contribution in [0.5, 0.6) is 0 Å².